The van der Waals surface area contributed by atoms with Gasteiger partial charge in [0.1, 0.15) is 13.2 Å². The molecule has 2 aromatic rings. The smallest absolute Gasteiger partial charge is 0.158 e. The van der Waals surface area contributed by atoms with Crippen molar-refractivity contribution in [2.75, 3.05) is 53.5 Å². The number of carbonyl (C=O) groups is 2. The maximum Gasteiger partial charge on any atom is 0.158 e. The number of Topliss-reactive ketones (excluding diaryl/α,β-unsaturated/α-hetero) is 2. The van der Waals surface area contributed by atoms with E-state index < -0.39 is 0 Å². The van der Waals surface area contributed by atoms with Crippen LogP contribution in [0.3, 0.4) is 0 Å². The van der Waals surface area contributed by atoms with Gasteiger partial charge in [-0.3, -0.25) is 9.59 Å². The summed E-state index contributed by atoms with van der Waals surface area (Å²) in [7, 11) is 4.31. The van der Waals surface area contributed by atoms with E-state index in [4.69, 9.17) is 9.47 Å². The summed E-state index contributed by atoms with van der Waals surface area (Å²) in [5.74, 6) is 0.352. The molecular weight excluding hydrogens is 596 g/mol. The van der Waals surface area contributed by atoms with Crippen LogP contribution in [-0.4, -0.2) is 74.9 Å². The van der Waals surface area contributed by atoms with Gasteiger partial charge in [0.15, 0.2) is 11.6 Å². The highest BCUT2D eigenvalue weighted by Crippen LogP contribution is 2.21. The Morgan fingerprint density at radius 2 is 0.812 bits per heavy atom. The van der Waals surface area contributed by atoms with E-state index in [9.17, 15) is 9.59 Å². The van der Waals surface area contributed by atoms with Crippen molar-refractivity contribution in [3.05, 3.63) is 59.7 Å². The molecule has 0 aliphatic rings. The van der Waals surface area contributed by atoms with Crippen molar-refractivity contribution < 1.29 is 19.1 Å². The van der Waals surface area contributed by atoms with E-state index in [0.717, 1.165) is 61.3 Å². The number of benzene rings is 2. The van der Waals surface area contributed by atoms with E-state index in [0.29, 0.717) is 26.1 Å². The van der Waals surface area contributed by atoms with Crippen molar-refractivity contribution in [2.45, 2.75) is 130 Å². The molecule has 270 valence electrons. The number of rotatable bonds is 31. The lowest BCUT2D eigenvalue weighted by Crippen LogP contribution is -2.22. The number of nitrogens with zero attached hydrogens (tertiary/aromatic N) is 2. The van der Waals surface area contributed by atoms with Crippen LogP contribution in [0.15, 0.2) is 48.5 Å². The summed E-state index contributed by atoms with van der Waals surface area (Å²) in [4.78, 5) is 29.3. The Morgan fingerprint density at radius 1 is 0.479 bits per heavy atom. The molecule has 2 aromatic carbocycles. The van der Waals surface area contributed by atoms with Crippen LogP contribution in [0.1, 0.15) is 128 Å². The van der Waals surface area contributed by atoms with Gasteiger partial charge in [0.25, 0.3) is 0 Å². The molecule has 6 nitrogen and oxygen atoms in total. The van der Waals surface area contributed by atoms with Crippen LogP contribution in [-0.2, 0) is 32.3 Å². The summed E-state index contributed by atoms with van der Waals surface area (Å²) in [6, 6.07) is 16.6. The average molecular weight is 665 g/mol. The molecule has 48 heavy (non-hydrogen) atoms. The van der Waals surface area contributed by atoms with Gasteiger partial charge in [0.2, 0.25) is 0 Å². The van der Waals surface area contributed by atoms with E-state index in [1.165, 1.54) is 77.0 Å². The minimum Gasteiger partial charge on any atom is -0.369 e. The third-order valence-corrected chi connectivity index (χ3v) is 9.08. The molecule has 0 aliphatic carbocycles. The van der Waals surface area contributed by atoms with Crippen LogP contribution in [0.4, 0.5) is 0 Å². The fourth-order valence-electron chi connectivity index (χ4n) is 5.94. The molecule has 0 bridgehead atoms. The molecule has 0 amide bonds. The van der Waals surface area contributed by atoms with Crippen LogP contribution < -0.4 is 0 Å². The second-order valence-electron chi connectivity index (χ2n) is 13.8. The van der Waals surface area contributed by atoms with Crippen LogP contribution >= 0.6 is 0 Å². The fraction of sp³-hybridized carbons (Fsp3) is 0.667. The summed E-state index contributed by atoms with van der Waals surface area (Å²) >= 11 is 0. The highest BCUT2D eigenvalue weighted by atomic mass is 16.5. The molecule has 0 saturated heterocycles. The second-order valence-corrected chi connectivity index (χ2v) is 13.8. The third-order valence-electron chi connectivity index (χ3n) is 9.08. The van der Waals surface area contributed by atoms with Crippen molar-refractivity contribution in [3.8, 4) is 11.1 Å². The van der Waals surface area contributed by atoms with E-state index in [1.807, 2.05) is 0 Å². The van der Waals surface area contributed by atoms with Gasteiger partial charge in [-0.05, 0) is 88.2 Å². The zero-order valence-corrected chi connectivity index (χ0v) is 31.1. The Hall–Kier alpha value is -2.38. The van der Waals surface area contributed by atoms with Gasteiger partial charge >= 0.3 is 0 Å². The van der Waals surface area contributed by atoms with Crippen molar-refractivity contribution in [1.82, 2.24) is 9.80 Å². The SMILES string of the molecule is CCCCCCCCN(C)CCCC(=O)COCc1ccc(-c2ccc(COCC(=O)CCCN(C)CCCCCCCC)cc2)cc1. The number of unbranched alkanes of at least 4 members (excludes halogenated alkanes) is 10. The lowest BCUT2D eigenvalue weighted by atomic mass is 10.0. The van der Waals surface area contributed by atoms with Gasteiger partial charge in [0.05, 0.1) is 13.2 Å². The summed E-state index contributed by atoms with van der Waals surface area (Å²) in [5.41, 5.74) is 4.38. The summed E-state index contributed by atoms with van der Waals surface area (Å²) < 4.78 is 11.4. The van der Waals surface area contributed by atoms with Crippen LogP contribution in [0.5, 0.6) is 0 Å². The Kier molecular flexibility index (Phi) is 23.9. The number of ketones is 2. The number of hydrogen-bond donors (Lipinski definition) is 0. The maximum absolute atomic E-state index is 12.3. The molecule has 0 radical (unpaired) electrons. The van der Waals surface area contributed by atoms with Crippen molar-refractivity contribution in [2.24, 2.45) is 0 Å². The molecule has 6 heteroatoms. The second kappa shape index (κ2) is 27.4. The van der Waals surface area contributed by atoms with Crippen LogP contribution in [0, 0.1) is 0 Å². The first kappa shape index (κ1) is 41.8. The van der Waals surface area contributed by atoms with Crippen molar-refractivity contribution in [1.29, 1.82) is 0 Å². The van der Waals surface area contributed by atoms with E-state index >= 15 is 0 Å². The predicted molar refractivity (Wildman–Crippen MR) is 201 cm³/mol. The quantitative estimate of drug-likeness (QED) is 0.0748. The zero-order valence-electron chi connectivity index (χ0n) is 31.1. The Balaban J connectivity index is 1.54. The molecule has 0 aliphatic heterocycles. The number of hydrogen-bond acceptors (Lipinski definition) is 6. The summed E-state index contributed by atoms with van der Waals surface area (Å²) in [5, 5.41) is 0. The summed E-state index contributed by atoms with van der Waals surface area (Å²) in [6.45, 7) is 9.90. The first-order valence-electron chi connectivity index (χ1n) is 19.2. The van der Waals surface area contributed by atoms with Gasteiger partial charge in [-0.15, -0.1) is 0 Å². The molecule has 0 aromatic heterocycles. The van der Waals surface area contributed by atoms with Crippen molar-refractivity contribution >= 4 is 11.6 Å². The van der Waals surface area contributed by atoms with Gasteiger partial charge in [-0.25, -0.2) is 0 Å². The molecule has 0 atom stereocenters. The van der Waals surface area contributed by atoms with Gasteiger partial charge in [0, 0.05) is 12.8 Å². The summed E-state index contributed by atoms with van der Waals surface area (Å²) in [6.07, 6.45) is 18.7. The largest absolute Gasteiger partial charge is 0.369 e. The van der Waals surface area contributed by atoms with Gasteiger partial charge < -0.3 is 19.3 Å². The first-order valence-corrected chi connectivity index (χ1v) is 19.2. The Morgan fingerprint density at radius 3 is 1.19 bits per heavy atom. The average Bonchev–Trinajstić information content (AvgIpc) is 3.08. The molecular formula is C42H68N2O4. The van der Waals surface area contributed by atoms with Crippen LogP contribution in [0.25, 0.3) is 11.1 Å². The third kappa shape index (κ3) is 20.9. The van der Waals surface area contributed by atoms with Crippen LogP contribution in [0.2, 0.25) is 0 Å². The lowest BCUT2D eigenvalue weighted by molar-refractivity contribution is -0.124. The van der Waals surface area contributed by atoms with E-state index in [-0.39, 0.29) is 24.8 Å². The highest BCUT2D eigenvalue weighted by molar-refractivity contribution is 5.80. The van der Waals surface area contributed by atoms with E-state index in [1.54, 1.807) is 0 Å². The Bertz CT molecular complexity index is 998. The minimum absolute atomic E-state index is 0.175. The number of carbonyl (C=O) groups excluding carboxylic acids is 2. The normalized spacial score (nSPS) is 11.5. The molecule has 0 N–H and O–H groups in total. The molecule has 0 heterocycles. The first-order chi connectivity index (χ1) is 23.4. The number of ether oxygens (including phenoxy) is 2. The predicted octanol–water partition coefficient (Wildman–Crippen LogP) is 9.67. The van der Waals surface area contributed by atoms with Gasteiger partial charge in [-0.2, -0.15) is 0 Å². The van der Waals surface area contributed by atoms with Crippen molar-refractivity contribution in [3.63, 3.8) is 0 Å². The molecule has 0 unspecified atom stereocenters. The highest BCUT2D eigenvalue weighted by Gasteiger charge is 2.07. The van der Waals surface area contributed by atoms with E-state index in [2.05, 4.69) is 86.3 Å². The zero-order chi connectivity index (χ0) is 34.7. The van der Waals surface area contributed by atoms with Gasteiger partial charge in [-0.1, -0.05) is 127 Å². The molecule has 0 spiro atoms. The molecule has 0 fully saturated rings. The minimum atomic E-state index is 0.175. The standard InChI is InChI=1S/C42H68N2O4/c1-5-7-9-11-13-15-29-43(3)31-17-19-41(45)35-47-33-37-21-25-39(26-22-37)40-27-23-38(24-28-40)34-48-36-42(46)20-18-32-44(4)30-16-14-12-10-8-6-2/h21-28H,5-20,29-36H2,1-4H3. The lowest BCUT2D eigenvalue weighted by Gasteiger charge is -2.16. The monoisotopic (exact) mass is 665 g/mol. The molecule has 0 saturated carbocycles. The fourth-order valence-corrected chi connectivity index (χ4v) is 5.94. The molecule has 2 rings (SSSR count). The maximum atomic E-state index is 12.3. The Labute approximate surface area is 294 Å². The topological polar surface area (TPSA) is 59.1 Å².